The molecule has 0 unspecified atom stereocenters. The quantitative estimate of drug-likeness (QED) is 0.782. The van der Waals surface area contributed by atoms with Crippen LogP contribution < -0.4 is 5.32 Å². The van der Waals surface area contributed by atoms with Gasteiger partial charge in [0.25, 0.3) is 0 Å². The van der Waals surface area contributed by atoms with Crippen LogP contribution in [0.2, 0.25) is 0 Å². The van der Waals surface area contributed by atoms with Gasteiger partial charge in [0, 0.05) is 21.9 Å². The Kier molecular flexibility index (Phi) is 4.79. The van der Waals surface area contributed by atoms with Crippen molar-refractivity contribution in [3.05, 3.63) is 55.1 Å². The van der Waals surface area contributed by atoms with Crippen molar-refractivity contribution < 1.29 is 0 Å². The molecule has 0 radical (unpaired) electrons. The fraction of sp³-hybridized carbons (Fsp3) is 0.231. The van der Waals surface area contributed by atoms with Crippen LogP contribution in [0.25, 0.3) is 0 Å². The Morgan fingerprint density at radius 2 is 2.06 bits per heavy atom. The van der Waals surface area contributed by atoms with E-state index in [4.69, 9.17) is 0 Å². The van der Waals surface area contributed by atoms with Crippen molar-refractivity contribution >= 4 is 43.2 Å². The van der Waals surface area contributed by atoms with E-state index in [0.717, 1.165) is 11.0 Å². The van der Waals surface area contributed by atoms with Gasteiger partial charge in [0.15, 0.2) is 0 Å². The summed E-state index contributed by atoms with van der Waals surface area (Å²) in [6, 6.07) is 13.0. The molecule has 0 saturated carbocycles. The lowest BCUT2D eigenvalue weighted by Crippen LogP contribution is -2.17. The molecule has 1 N–H and O–H groups in total. The molecule has 4 heteroatoms. The van der Waals surface area contributed by atoms with Crippen molar-refractivity contribution in [2.45, 2.75) is 19.5 Å². The van der Waals surface area contributed by atoms with Gasteiger partial charge in [0.1, 0.15) is 0 Å². The van der Waals surface area contributed by atoms with Crippen LogP contribution in [0, 0.1) is 0 Å². The van der Waals surface area contributed by atoms with Crippen molar-refractivity contribution in [1.82, 2.24) is 5.32 Å². The fourth-order valence-corrected chi connectivity index (χ4v) is 3.45. The van der Waals surface area contributed by atoms with E-state index in [1.165, 1.54) is 14.2 Å². The molecule has 0 aliphatic heterocycles. The Hall–Kier alpha value is -0.160. The van der Waals surface area contributed by atoms with E-state index in [0.29, 0.717) is 6.04 Å². The molecule has 0 aliphatic rings. The van der Waals surface area contributed by atoms with Gasteiger partial charge >= 0.3 is 0 Å². The fourth-order valence-electron chi connectivity index (χ4n) is 1.59. The minimum atomic E-state index is 0.355. The molecule has 0 fully saturated rings. The lowest BCUT2D eigenvalue weighted by atomic mass is 10.1. The number of hydrogen-bond donors (Lipinski definition) is 1. The highest BCUT2D eigenvalue weighted by Gasteiger charge is 2.05. The zero-order chi connectivity index (χ0) is 12.3. The van der Waals surface area contributed by atoms with Crippen LogP contribution in [0.3, 0.4) is 0 Å². The maximum atomic E-state index is 3.52. The summed E-state index contributed by atoms with van der Waals surface area (Å²) in [6.45, 7) is 3.09. The standard InChI is InChI=1S/C13H13Br2NS/c1-9(10-3-2-4-11(14)7-10)16-8-12-5-6-13(15)17-12/h2-7,9,16H,8H2,1H3/t9-/m1/s1. The Bertz CT molecular complexity index is 496. The van der Waals surface area contributed by atoms with Crippen molar-refractivity contribution in [3.63, 3.8) is 0 Å². The predicted octanol–water partition coefficient (Wildman–Crippen LogP) is 5.12. The van der Waals surface area contributed by atoms with Gasteiger partial charge in [-0.15, -0.1) is 11.3 Å². The van der Waals surface area contributed by atoms with E-state index in [9.17, 15) is 0 Å². The van der Waals surface area contributed by atoms with Crippen LogP contribution in [-0.2, 0) is 6.54 Å². The van der Waals surface area contributed by atoms with Gasteiger partial charge in [-0.25, -0.2) is 0 Å². The zero-order valence-corrected chi connectivity index (χ0v) is 13.4. The van der Waals surface area contributed by atoms with Gasteiger partial charge in [-0.1, -0.05) is 28.1 Å². The third kappa shape index (κ3) is 3.91. The van der Waals surface area contributed by atoms with Crippen LogP contribution >= 0.6 is 43.2 Å². The molecule has 2 rings (SSSR count). The molecule has 1 heterocycles. The number of nitrogens with one attached hydrogen (secondary N) is 1. The first-order valence-electron chi connectivity index (χ1n) is 5.38. The highest BCUT2D eigenvalue weighted by atomic mass is 79.9. The normalized spacial score (nSPS) is 12.6. The van der Waals surface area contributed by atoms with E-state index in [-0.39, 0.29) is 0 Å². The van der Waals surface area contributed by atoms with Gasteiger partial charge in [0.2, 0.25) is 0 Å². The molecule has 0 spiro atoms. The Balaban J connectivity index is 1.95. The molecule has 1 aromatic heterocycles. The van der Waals surface area contributed by atoms with Crippen molar-refractivity contribution in [1.29, 1.82) is 0 Å². The second kappa shape index (κ2) is 6.14. The first-order chi connectivity index (χ1) is 8.15. The smallest absolute Gasteiger partial charge is 0.0701 e. The van der Waals surface area contributed by atoms with Crippen LogP contribution in [-0.4, -0.2) is 0 Å². The molecule has 1 aromatic carbocycles. The minimum absolute atomic E-state index is 0.355. The van der Waals surface area contributed by atoms with Crippen LogP contribution in [0.1, 0.15) is 23.4 Å². The molecule has 0 aliphatic carbocycles. The van der Waals surface area contributed by atoms with E-state index < -0.39 is 0 Å². The molecule has 0 saturated heterocycles. The molecule has 1 atom stereocenters. The van der Waals surface area contributed by atoms with Crippen LogP contribution in [0.5, 0.6) is 0 Å². The lowest BCUT2D eigenvalue weighted by molar-refractivity contribution is 0.578. The number of thiophene rings is 1. The predicted molar refractivity (Wildman–Crippen MR) is 81.4 cm³/mol. The third-order valence-electron chi connectivity index (χ3n) is 2.56. The summed E-state index contributed by atoms with van der Waals surface area (Å²) in [4.78, 5) is 1.35. The summed E-state index contributed by atoms with van der Waals surface area (Å²) >= 11 is 8.75. The molecular formula is C13H13Br2NS. The Morgan fingerprint density at radius 1 is 1.24 bits per heavy atom. The van der Waals surface area contributed by atoms with Gasteiger partial charge in [-0.2, -0.15) is 0 Å². The molecule has 1 nitrogen and oxygen atoms in total. The Labute approximate surface area is 123 Å². The van der Waals surface area contributed by atoms with Crippen LogP contribution in [0.15, 0.2) is 44.7 Å². The molecule has 0 amide bonds. The maximum Gasteiger partial charge on any atom is 0.0701 e. The summed E-state index contributed by atoms with van der Waals surface area (Å²) in [7, 11) is 0. The SMILES string of the molecule is C[C@@H](NCc1ccc(Br)s1)c1cccc(Br)c1. The zero-order valence-electron chi connectivity index (χ0n) is 9.41. The summed E-state index contributed by atoms with van der Waals surface area (Å²) < 4.78 is 2.31. The first-order valence-corrected chi connectivity index (χ1v) is 7.78. The van der Waals surface area contributed by atoms with Gasteiger partial charge in [-0.05, 0) is 52.7 Å². The number of halogens is 2. The molecule has 17 heavy (non-hydrogen) atoms. The number of hydrogen-bond acceptors (Lipinski definition) is 2. The number of benzene rings is 1. The molecule has 2 aromatic rings. The van der Waals surface area contributed by atoms with Gasteiger partial charge < -0.3 is 5.32 Å². The average molecular weight is 375 g/mol. The van der Waals surface area contributed by atoms with Crippen molar-refractivity contribution in [3.8, 4) is 0 Å². The topological polar surface area (TPSA) is 12.0 Å². The number of rotatable bonds is 4. The highest BCUT2D eigenvalue weighted by molar-refractivity contribution is 9.11. The first kappa shape index (κ1) is 13.3. The van der Waals surface area contributed by atoms with Gasteiger partial charge in [0.05, 0.1) is 3.79 Å². The molecular weight excluding hydrogens is 362 g/mol. The van der Waals surface area contributed by atoms with Crippen LogP contribution in [0.4, 0.5) is 0 Å². The minimum Gasteiger partial charge on any atom is -0.305 e. The largest absolute Gasteiger partial charge is 0.305 e. The summed E-state index contributed by atoms with van der Waals surface area (Å²) in [5, 5.41) is 3.52. The summed E-state index contributed by atoms with van der Waals surface area (Å²) in [5.74, 6) is 0. The van der Waals surface area contributed by atoms with E-state index in [1.54, 1.807) is 11.3 Å². The summed E-state index contributed by atoms with van der Waals surface area (Å²) in [6.07, 6.45) is 0. The lowest BCUT2D eigenvalue weighted by Gasteiger charge is -2.13. The highest BCUT2D eigenvalue weighted by Crippen LogP contribution is 2.23. The second-order valence-corrected chi connectivity index (χ2v) is 7.33. The summed E-state index contributed by atoms with van der Waals surface area (Å²) in [5.41, 5.74) is 1.30. The maximum absolute atomic E-state index is 3.52. The molecule has 0 bridgehead atoms. The second-order valence-electron chi connectivity index (χ2n) is 3.86. The molecule has 90 valence electrons. The third-order valence-corrected chi connectivity index (χ3v) is 4.68. The van der Waals surface area contributed by atoms with E-state index >= 15 is 0 Å². The monoisotopic (exact) mass is 373 g/mol. The van der Waals surface area contributed by atoms with E-state index in [2.05, 4.69) is 74.4 Å². The van der Waals surface area contributed by atoms with Crippen molar-refractivity contribution in [2.75, 3.05) is 0 Å². The van der Waals surface area contributed by atoms with E-state index in [1.807, 2.05) is 6.07 Å². The average Bonchev–Trinajstić information content (AvgIpc) is 2.72. The van der Waals surface area contributed by atoms with Crippen molar-refractivity contribution in [2.24, 2.45) is 0 Å². The Morgan fingerprint density at radius 3 is 2.71 bits per heavy atom. The van der Waals surface area contributed by atoms with Gasteiger partial charge in [-0.3, -0.25) is 0 Å².